The first-order chi connectivity index (χ1) is 10.0. The molecule has 4 heteroatoms. The third-order valence-electron chi connectivity index (χ3n) is 3.68. The number of allylic oxidation sites excluding steroid dienone is 3. The molecule has 0 amide bonds. The van der Waals surface area contributed by atoms with Gasteiger partial charge in [0.1, 0.15) is 4.58 Å². The van der Waals surface area contributed by atoms with Gasteiger partial charge in [-0.1, -0.05) is 41.5 Å². The summed E-state index contributed by atoms with van der Waals surface area (Å²) in [7, 11) is -3.32. The van der Waals surface area contributed by atoms with E-state index < -0.39 is 14.4 Å². The van der Waals surface area contributed by atoms with Crippen molar-refractivity contribution in [3.8, 4) is 0 Å². The Hall–Kier alpha value is -1.00. The van der Waals surface area contributed by atoms with E-state index in [9.17, 15) is 8.42 Å². The zero-order valence-electron chi connectivity index (χ0n) is 12.6. The Labute approximate surface area is 132 Å². The van der Waals surface area contributed by atoms with Gasteiger partial charge in [0.25, 0.3) is 0 Å². The molecule has 0 aliphatic heterocycles. The predicted molar refractivity (Wildman–Crippen MR) is 91.4 cm³/mol. The van der Waals surface area contributed by atoms with Crippen LogP contribution in [0.2, 0.25) is 0 Å². The van der Waals surface area contributed by atoms with E-state index in [1.165, 1.54) is 30.2 Å². The first kappa shape index (κ1) is 16.4. The van der Waals surface area contributed by atoms with E-state index in [-0.39, 0.29) is 0 Å². The van der Waals surface area contributed by atoms with Crippen LogP contribution in [0.15, 0.2) is 53.0 Å². The van der Waals surface area contributed by atoms with Crippen LogP contribution in [0.1, 0.15) is 31.2 Å². The monoisotopic (exact) mass is 322 g/mol. The molecule has 0 N–H and O–H groups in total. The van der Waals surface area contributed by atoms with Gasteiger partial charge in [-0.25, -0.2) is 8.42 Å². The molecule has 0 fully saturated rings. The molecule has 1 atom stereocenters. The lowest BCUT2D eigenvalue weighted by Crippen LogP contribution is -2.15. The summed E-state index contributed by atoms with van der Waals surface area (Å²) < 4.78 is 24.8. The molecule has 0 radical (unpaired) electrons. The smallest absolute Gasteiger partial charge is 0.194 e. The Morgan fingerprint density at radius 3 is 2.48 bits per heavy atom. The molecule has 1 aromatic carbocycles. The highest BCUT2D eigenvalue weighted by Crippen LogP contribution is 2.26. The van der Waals surface area contributed by atoms with Gasteiger partial charge in [0.15, 0.2) is 9.84 Å². The molecule has 2 rings (SSSR count). The van der Waals surface area contributed by atoms with Gasteiger partial charge in [-0.3, -0.25) is 0 Å². The lowest BCUT2D eigenvalue weighted by molar-refractivity contribution is 0.597. The molecule has 0 bridgehead atoms. The highest BCUT2D eigenvalue weighted by Gasteiger charge is 2.24. The van der Waals surface area contributed by atoms with Crippen molar-refractivity contribution in [2.24, 2.45) is 0 Å². The van der Waals surface area contributed by atoms with Crippen LogP contribution in [0.4, 0.5) is 0 Å². The van der Waals surface area contributed by atoms with Gasteiger partial charge in [0, 0.05) is 0 Å². The van der Waals surface area contributed by atoms with E-state index in [4.69, 9.17) is 0 Å². The van der Waals surface area contributed by atoms with Crippen molar-refractivity contribution in [1.29, 1.82) is 0 Å². The Morgan fingerprint density at radius 1 is 1.19 bits per heavy atom. The number of rotatable bonds is 5. The maximum Gasteiger partial charge on any atom is 0.194 e. The average Bonchev–Trinajstić information content (AvgIpc) is 2.49. The van der Waals surface area contributed by atoms with Crippen LogP contribution in [0.5, 0.6) is 0 Å². The van der Waals surface area contributed by atoms with E-state index in [1.807, 2.05) is 37.5 Å². The largest absolute Gasteiger partial charge is 0.222 e. The molecule has 0 aromatic heterocycles. The molecular weight excluding hydrogens is 300 g/mol. The summed E-state index contributed by atoms with van der Waals surface area (Å²) in [6.07, 6.45) is 12.5. The minimum Gasteiger partial charge on any atom is -0.222 e. The third kappa shape index (κ3) is 4.24. The molecule has 0 saturated heterocycles. The standard InChI is InChI=1S/C17H22O2S2/c1-14-8-11-16(12-9-14)21(18,19)17(20-2)13-10-15-6-4-3-5-7-15/h6,8-13,17H,3-5,7H2,1-2H3. The van der Waals surface area contributed by atoms with Crippen LogP contribution in [0, 0.1) is 6.92 Å². The van der Waals surface area contributed by atoms with Crippen LogP contribution in [-0.2, 0) is 9.84 Å². The van der Waals surface area contributed by atoms with Gasteiger partial charge in [-0.15, -0.1) is 11.8 Å². The van der Waals surface area contributed by atoms with Crippen LogP contribution in [-0.4, -0.2) is 19.3 Å². The minimum absolute atomic E-state index is 0.398. The number of aryl methyl sites for hydroxylation is 1. The summed E-state index contributed by atoms with van der Waals surface area (Å²) in [6, 6.07) is 7.08. The van der Waals surface area contributed by atoms with Crippen molar-refractivity contribution in [1.82, 2.24) is 0 Å². The van der Waals surface area contributed by atoms with Crippen molar-refractivity contribution in [3.63, 3.8) is 0 Å². The molecule has 0 heterocycles. The molecule has 1 aliphatic rings. The fourth-order valence-electron chi connectivity index (χ4n) is 2.39. The Kier molecular flexibility index (Phi) is 5.71. The number of hydrogen-bond donors (Lipinski definition) is 0. The zero-order chi connectivity index (χ0) is 15.3. The summed E-state index contributed by atoms with van der Waals surface area (Å²) in [5.74, 6) is 0. The van der Waals surface area contributed by atoms with E-state index in [2.05, 4.69) is 6.08 Å². The van der Waals surface area contributed by atoms with Gasteiger partial charge in [0.05, 0.1) is 4.90 Å². The van der Waals surface area contributed by atoms with Crippen LogP contribution in [0.25, 0.3) is 0 Å². The van der Waals surface area contributed by atoms with Gasteiger partial charge >= 0.3 is 0 Å². The second-order valence-corrected chi connectivity index (χ2v) is 8.69. The summed E-state index contributed by atoms with van der Waals surface area (Å²) in [5, 5.41) is 0. The average molecular weight is 322 g/mol. The molecule has 114 valence electrons. The van der Waals surface area contributed by atoms with Crippen molar-refractivity contribution < 1.29 is 8.42 Å². The summed E-state index contributed by atoms with van der Waals surface area (Å²) in [4.78, 5) is 0.398. The summed E-state index contributed by atoms with van der Waals surface area (Å²) >= 11 is 1.36. The molecule has 0 spiro atoms. The highest BCUT2D eigenvalue weighted by atomic mass is 32.3. The number of hydrogen-bond acceptors (Lipinski definition) is 3. The fraction of sp³-hybridized carbons (Fsp3) is 0.412. The van der Waals surface area contributed by atoms with Crippen LogP contribution < -0.4 is 0 Å². The normalized spacial score (nSPS) is 17.7. The number of benzene rings is 1. The maximum atomic E-state index is 12.7. The van der Waals surface area contributed by atoms with Crippen molar-refractivity contribution in [2.75, 3.05) is 6.26 Å². The molecule has 0 saturated carbocycles. The summed E-state index contributed by atoms with van der Waals surface area (Å²) in [5.41, 5.74) is 2.33. The van der Waals surface area contributed by atoms with Crippen LogP contribution >= 0.6 is 11.8 Å². The van der Waals surface area contributed by atoms with Gasteiger partial charge in [-0.05, 0) is 51.0 Å². The lowest BCUT2D eigenvalue weighted by atomic mass is 9.99. The van der Waals surface area contributed by atoms with Crippen molar-refractivity contribution in [2.45, 2.75) is 42.1 Å². The van der Waals surface area contributed by atoms with Gasteiger partial charge in [-0.2, -0.15) is 0 Å². The summed E-state index contributed by atoms with van der Waals surface area (Å²) in [6.45, 7) is 1.96. The topological polar surface area (TPSA) is 34.1 Å². The van der Waals surface area contributed by atoms with Crippen molar-refractivity contribution >= 4 is 21.6 Å². The number of sulfone groups is 1. The SMILES string of the molecule is CSC(C=CC1=CCCCC1)S(=O)(=O)c1ccc(C)cc1. The zero-order valence-corrected chi connectivity index (χ0v) is 14.2. The van der Waals surface area contributed by atoms with E-state index in [0.29, 0.717) is 4.90 Å². The Bertz CT molecular complexity index is 625. The second-order valence-electron chi connectivity index (χ2n) is 5.35. The van der Waals surface area contributed by atoms with Crippen LogP contribution in [0.3, 0.4) is 0 Å². The molecule has 1 aromatic rings. The molecule has 1 aliphatic carbocycles. The lowest BCUT2D eigenvalue weighted by Gasteiger charge is -2.13. The van der Waals surface area contributed by atoms with Gasteiger partial charge in [0.2, 0.25) is 0 Å². The molecule has 21 heavy (non-hydrogen) atoms. The third-order valence-corrected chi connectivity index (χ3v) is 7.34. The molecule has 2 nitrogen and oxygen atoms in total. The van der Waals surface area contributed by atoms with Crippen molar-refractivity contribution in [3.05, 3.63) is 53.6 Å². The fourth-order valence-corrected chi connectivity index (χ4v) is 5.04. The molecular formula is C17H22O2S2. The first-order valence-electron chi connectivity index (χ1n) is 7.24. The van der Waals surface area contributed by atoms with Gasteiger partial charge < -0.3 is 0 Å². The molecule has 1 unspecified atom stereocenters. The highest BCUT2D eigenvalue weighted by molar-refractivity contribution is 8.13. The van der Waals surface area contributed by atoms with E-state index >= 15 is 0 Å². The quantitative estimate of drug-likeness (QED) is 0.799. The van der Waals surface area contributed by atoms with E-state index in [0.717, 1.165) is 18.4 Å². The van der Waals surface area contributed by atoms with E-state index in [1.54, 1.807) is 12.1 Å². The Balaban J connectivity index is 2.21. The maximum absolute atomic E-state index is 12.7. The predicted octanol–water partition coefficient (Wildman–Crippen LogP) is 4.51. The minimum atomic E-state index is -3.32. The number of thioether (sulfide) groups is 1. The Morgan fingerprint density at radius 2 is 1.90 bits per heavy atom. The second kappa shape index (κ2) is 7.32. The first-order valence-corrected chi connectivity index (χ1v) is 10.1.